The quantitative estimate of drug-likeness (QED) is 0.581. The zero-order valence-corrected chi connectivity index (χ0v) is 12.7. The van der Waals surface area contributed by atoms with Gasteiger partial charge >= 0.3 is 0 Å². The molecule has 2 heterocycles. The van der Waals surface area contributed by atoms with Crippen molar-refractivity contribution in [2.24, 2.45) is 23.7 Å². The van der Waals surface area contributed by atoms with Crippen molar-refractivity contribution in [1.29, 1.82) is 0 Å². The van der Waals surface area contributed by atoms with Gasteiger partial charge in [-0.1, -0.05) is 12.2 Å². The molecule has 3 amide bonds. The molecule has 0 aromatic carbocycles. The maximum atomic E-state index is 12.5. The number of hydrogen-bond acceptors (Lipinski definition) is 3. The molecule has 4 rings (SSSR count). The smallest absolute Gasteiger partial charge is 0.233 e. The molecule has 1 saturated carbocycles. The third-order valence-corrected chi connectivity index (χ3v) is 5.82. The van der Waals surface area contributed by atoms with Gasteiger partial charge in [-0.15, -0.1) is 0 Å². The number of amides is 3. The maximum absolute atomic E-state index is 12.5. The molecule has 3 fully saturated rings. The van der Waals surface area contributed by atoms with Gasteiger partial charge in [0.25, 0.3) is 0 Å². The van der Waals surface area contributed by atoms with E-state index in [0.29, 0.717) is 0 Å². The molecule has 2 aliphatic heterocycles. The van der Waals surface area contributed by atoms with Gasteiger partial charge < -0.3 is 4.90 Å². The molecule has 0 N–H and O–H groups in total. The van der Waals surface area contributed by atoms with Crippen molar-refractivity contribution < 1.29 is 14.4 Å². The van der Waals surface area contributed by atoms with E-state index >= 15 is 0 Å². The van der Waals surface area contributed by atoms with Crippen molar-refractivity contribution in [2.75, 3.05) is 19.6 Å². The van der Waals surface area contributed by atoms with E-state index in [9.17, 15) is 14.4 Å². The van der Waals surface area contributed by atoms with Gasteiger partial charge in [-0.25, -0.2) is 0 Å². The number of allylic oxidation sites excluding steroid dienone is 2. The first-order valence-electron chi connectivity index (χ1n) is 8.48. The van der Waals surface area contributed by atoms with Crippen LogP contribution in [0.2, 0.25) is 0 Å². The highest BCUT2D eigenvalue weighted by Gasteiger charge is 2.59. The average Bonchev–Trinajstić information content (AvgIpc) is 3.21. The second-order valence-electron chi connectivity index (χ2n) is 7.02. The third kappa shape index (κ3) is 2.02. The Morgan fingerprint density at radius 2 is 1.59 bits per heavy atom. The van der Waals surface area contributed by atoms with Gasteiger partial charge in [0.1, 0.15) is 0 Å². The summed E-state index contributed by atoms with van der Waals surface area (Å²) in [4.78, 5) is 40.5. The van der Waals surface area contributed by atoms with Crippen molar-refractivity contribution in [3.05, 3.63) is 12.2 Å². The minimum absolute atomic E-state index is 0.0432. The number of hydrogen-bond donors (Lipinski definition) is 0. The Labute approximate surface area is 130 Å². The van der Waals surface area contributed by atoms with E-state index in [1.807, 2.05) is 4.90 Å². The summed E-state index contributed by atoms with van der Waals surface area (Å²) in [6.07, 6.45) is 8.73. The summed E-state index contributed by atoms with van der Waals surface area (Å²) < 4.78 is 0. The first-order valence-corrected chi connectivity index (χ1v) is 8.48. The minimum Gasteiger partial charge on any atom is -0.343 e. The fraction of sp³-hybridized carbons (Fsp3) is 0.706. The van der Waals surface area contributed by atoms with Crippen LogP contribution in [0, 0.1) is 23.7 Å². The van der Waals surface area contributed by atoms with Crippen LogP contribution in [0.3, 0.4) is 0 Å². The highest BCUT2D eigenvalue weighted by molar-refractivity contribution is 6.06. The van der Waals surface area contributed by atoms with Crippen molar-refractivity contribution in [3.8, 4) is 0 Å². The van der Waals surface area contributed by atoms with E-state index in [1.54, 1.807) is 0 Å². The van der Waals surface area contributed by atoms with E-state index in [-0.39, 0.29) is 54.4 Å². The Bertz CT molecular complexity index is 520. The van der Waals surface area contributed by atoms with Gasteiger partial charge in [-0.05, 0) is 37.5 Å². The topological polar surface area (TPSA) is 57.7 Å². The predicted molar refractivity (Wildman–Crippen MR) is 79.5 cm³/mol. The minimum atomic E-state index is -0.146. The van der Waals surface area contributed by atoms with E-state index in [4.69, 9.17) is 0 Å². The van der Waals surface area contributed by atoms with Gasteiger partial charge in [-0.2, -0.15) is 0 Å². The summed E-state index contributed by atoms with van der Waals surface area (Å²) >= 11 is 0. The van der Waals surface area contributed by atoms with Crippen molar-refractivity contribution in [1.82, 2.24) is 9.80 Å². The van der Waals surface area contributed by atoms with Crippen molar-refractivity contribution in [3.63, 3.8) is 0 Å². The van der Waals surface area contributed by atoms with E-state index in [0.717, 1.165) is 32.4 Å². The van der Waals surface area contributed by atoms with Gasteiger partial charge in [0.15, 0.2) is 0 Å². The second-order valence-corrected chi connectivity index (χ2v) is 7.02. The van der Waals surface area contributed by atoms with E-state index in [1.165, 1.54) is 11.3 Å². The van der Waals surface area contributed by atoms with Crippen LogP contribution in [0.5, 0.6) is 0 Å². The summed E-state index contributed by atoms with van der Waals surface area (Å²) in [5.74, 6) is 0.193. The SMILES string of the molecule is O=C(CCN1C(=O)[C@@H]2[C@@H](C1=O)[C@H]1C=C[C@H]2C1)N1CCCCC1. The summed E-state index contributed by atoms with van der Waals surface area (Å²) in [5, 5.41) is 0. The molecule has 0 aromatic rings. The Morgan fingerprint density at radius 3 is 2.18 bits per heavy atom. The summed E-state index contributed by atoms with van der Waals surface area (Å²) in [6, 6.07) is 0. The lowest BCUT2D eigenvalue weighted by molar-refractivity contribution is -0.141. The first kappa shape index (κ1) is 14.0. The number of carbonyl (C=O) groups excluding carboxylic acids is 3. The number of likely N-dealkylation sites (tertiary alicyclic amines) is 2. The van der Waals surface area contributed by atoms with Crippen LogP contribution >= 0.6 is 0 Å². The lowest BCUT2D eigenvalue weighted by Crippen LogP contribution is -2.40. The molecule has 0 spiro atoms. The highest BCUT2D eigenvalue weighted by Crippen LogP contribution is 2.52. The van der Waals surface area contributed by atoms with Gasteiger partial charge in [-0.3, -0.25) is 19.3 Å². The zero-order chi connectivity index (χ0) is 15.3. The van der Waals surface area contributed by atoms with Crippen molar-refractivity contribution in [2.45, 2.75) is 32.1 Å². The molecule has 0 aromatic heterocycles. The molecule has 4 aliphatic rings. The normalized spacial score (nSPS) is 36.4. The lowest BCUT2D eigenvalue weighted by atomic mass is 9.85. The van der Waals surface area contributed by atoms with Gasteiger partial charge in [0.2, 0.25) is 17.7 Å². The molecular formula is C17H22N2O3. The van der Waals surface area contributed by atoms with Crippen LogP contribution in [0.25, 0.3) is 0 Å². The number of piperidine rings is 1. The maximum Gasteiger partial charge on any atom is 0.233 e. The standard InChI is InChI=1S/C17H22N2O3/c20-13(18-7-2-1-3-8-18)6-9-19-16(21)14-11-4-5-12(10-11)15(14)17(19)22/h4-5,11-12,14-15H,1-3,6-10H2/t11-,12-,14-,15-/m0/s1. The molecule has 5 heteroatoms. The molecule has 4 atom stereocenters. The predicted octanol–water partition coefficient (Wildman–Crippen LogP) is 1.20. The largest absolute Gasteiger partial charge is 0.343 e. The van der Waals surface area contributed by atoms with Gasteiger partial charge in [0.05, 0.1) is 11.8 Å². The fourth-order valence-electron chi connectivity index (χ4n) is 4.69. The number of rotatable bonds is 3. The Kier molecular flexibility index (Phi) is 3.31. The highest BCUT2D eigenvalue weighted by atomic mass is 16.2. The Morgan fingerprint density at radius 1 is 1.00 bits per heavy atom. The van der Waals surface area contributed by atoms with Crippen LogP contribution in [-0.2, 0) is 14.4 Å². The van der Waals surface area contributed by atoms with E-state index < -0.39 is 0 Å². The van der Waals surface area contributed by atoms with Crippen LogP contribution < -0.4 is 0 Å². The average molecular weight is 302 g/mol. The molecule has 118 valence electrons. The third-order valence-electron chi connectivity index (χ3n) is 5.82. The molecule has 5 nitrogen and oxygen atoms in total. The number of imide groups is 1. The summed E-state index contributed by atoms with van der Waals surface area (Å²) in [5.41, 5.74) is 0. The van der Waals surface area contributed by atoms with Crippen LogP contribution in [0.1, 0.15) is 32.1 Å². The number of nitrogens with zero attached hydrogens (tertiary/aromatic N) is 2. The fourth-order valence-corrected chi connectivity index (χ4v) is 4.69. The number of fused-ring (bicyclic) bond motifs is 5. The molecule has 0 unspecified atom stereocenters. The second kappa shape index (κ2) is 5.21. The van der Waals surface area contributed by atoms with Crippen LogP contribution in [0.15, 0.2) is 12.2 Å². The lowest BCUT2D eigenvalue weighted by Gasteiger charge is -2.27. The summed E-state index contributed by atoms with van der Waals surface area (Å²) in [7, 11) is 0. The molecule has 2 aliphatic carbocycles. The molecular weight excluding hydrogens is 280 g/mol. The Balaban J connectivity index is 1.39. The first-order chi connectivity index (χ1) is 10.7. The zero-order valence-electron chi connectivity index (χ0n) is 12.7. The van der Waals surface area contributed by atoms with Crippen LogP contribution in [-0.4, -0.2) is 47.2 Å². The monoisotopic (exact) mass is 302 g/mol. The number of carbonyl (C=O) groups is 3. The van der Waals surface area contributed by atoms with Gasteiger partial charge in [0, 0.05) is 26.1 Å². The summed E-state index contributed by atoms with van der Waals surface area (Å²) in [6.45, 7) is 1.90. The molecule has 2 saturated heterocycles. The van der Waals surface area contributed by atoms with Crippen LogP contribution in [0.4, 0.5) is 0 Å². The Hall–Kier alpha value is -1.65. The van der Waals surface area contributed by atoms with Crippen molar-refractivity contribution >= 4 is 17.7 Å². The molecule has 2 bridgehead atoms. The molecule has 0 radical (unpaired) electrons. The van der Waals surface area contributed by atoms with E-state index in [2.05, 4.69) is 12.2 Å². The molecule has 22 heavy (non-hydrogen) atoms.